The van der Waals surface area contributed by atoms with Crippen LogP contribution in [0, 0.1) is 0 Å². The Bertz CT molecular complexity index is 3550. The van der Waals surface area contributed by atoms with Gasteiger partial charge in [-0.05, 0) is 77.4 Å². The van der Waals surface area contributed by atoms with Crippen LogP contribution in [0.4, 0.5) is 0 Å². The molecular weight excluding hydrogens is 757 g/mol. The van der Waals surface area contributed by atoms with E-state index in [9.17, 15) is 0 Å². The van der Waals surface area contributed by atoms with E-state index < -0.39 is 0 Å². The summed E-state index contributed by atoms with van der Waals surface area (Å²) in [4.78, 5) is 20.1. The second-order valence-corrected chi connectivity index (χ2v) is 15.5. The highest BCUT2D eigenvalue weighted by atomic mass is 15.1. The van der Waals surface area contributed by atoms with Gasteiger partial charge in [-0.3, -0.25) is 4.57 Å². The summed E-state index contributed by atoms with van der Waals surface area (Å²) in [5.74, 6) is 2.76. The molecule has 0 amide bonds. The molecule has 0 radical (unpaired) electrons. The van der Waals surface area contributed by atoms with Crippen molar-refractivity contribution in [3.8, 4) is 67.9 Å². The highest BCUT2D eigenvalue weighted by molar-refractivity contribution is 6.11. The van der Waals surface area contributed by atoms with Crippen molar-refractivity contribution in [1.82, 2.24) is 29.1 Å². The Balaban J connectivity index is 0.938. The van der Waals surface area contributed by atoms with Gasteiger partial charge in [0.15, 0.2) is 17.5 Å². The van der Waals surface area contributed by atoms with Crippen LogP contribution in [0.25, 0.3) is 112 Å². The molecule has 0 bridgehead atoms. The number of aromatic nitrogens is 6. The number of nitrogens with zero attached hydrogens (tertiary/aromatic N) is 6. The summed E-state index contributed by atoms with van der Waals surface area (Å²) in [6.07, 6.45) is 2.00. The standard InChI is InChI=1S/C56H36N6/c1-4-15-37(16-5-1)54-58-55(38-17-6-2-7-18-38)60-56(59-54)42-20-14-19-39(33-42)41-27-30-47-45-23-10-13-26-50(45)62(52(47)35-41)53-32-29-43(36-57-53)40-28-31-51-48(34-40)46-24-11-12-25-49(46)61(51)44-21-8-3-9-22-44/h1-36H. The van der Waals surface area contributed by atoms with Crippen LogP contribution in [-0.2, 0) is 0 Å². The molecule has 0 N–H and O–H groups in total. The summed E-state index contributed by atoms with van der Waals surface area (Å²) >= 11 is 0. The van der Waals surface area contributed by atoms with Crippen molar-refractivity contribution in [3.63, 3.8) is 0 Å². The van der Waals surface area contributed by atoms with E-state index >= 15 is 0 Å². The van der Waals surface area contributed by atoms with E-state index in [1.54, 1.807) is 0 Å². The summed E-state index contributed by atoms with van der Waals surface area (Å²) in [7, 11) is 0. The van der Waals surface area contributed by atoms with Gasteiger partial charge in [-0.15, -0.1) is 0 Å². The SMILES string of the molecule is c1ccc(-c2nc(-c3ccccc3)nc(-c3cccc(-c4ccc5c6ccccc6n(-c6ccc(-c7ccc8c(c7)c7ccccc7n8-c7ccccc7)cn6)c5c4)c3)n2)cc1. The molecule has 12 aromatic rings. The van der Waals surface area contributed by atoms with Crippen LogP contribution in [0.5, 0.6) is 0 Å². The van der Waals surface area contributed by atoms with Crippen LogP contribution >= 0.6 is 0 Å². The molecule has 0 spiro atoms. The summed E-state index contributed by atoms with van der Waals surface area (Å²) < 4.78 is 4.63. The molecule has 0 saturated carbocycles. The summed E-state index contributed by atoms with van der Waals surface area (Å²) in [5.41, 5.74) is 12.9. The highest BCUT2D eigenvalue weighted by Crippen LogP contribution is 2.38. The van der Waals surface area contributed by atoms with Crippen molar-refractivity contribution in [2.75, 3.05) is 0 Å². The normalized spacial score (nSPS) is 11.5. The first-order valence-corrected chi connectivity index (χ1v) is 20.8. The summed E-state index contributed by atoms with van der Waals surface area (Å²) in [6, 6.07) is 74.2. The number of benzene rings is 8. The Kier molecular flexibility index (Phi) is 8.38. The van der Waals surface area contributed by atoms with E-state index in [2.05, 4.69) is 161 Å². The zero-order valence-corrected chi connectivity index (χ0v) is 33.5. The second kappa shape index (κ2) is 14.7. The lowest BCUT2D eigenvalue weighted by molar-refractivity contribution is 1.07. The maximum atomic E-state index is 5.15. The van der Waals surface area contributed by atoms with Gasteiger partial charge in [-0.25, -0.2) is 19.9 Å². The molecule has 0 atom stereocenters. The van der Waals surface area contributed by atoms with Gasteiger partial charge in [0.1, 0.15) is 5.82 Å². The Morgan fingerprint density at radius 2 is 0.758 bits per heavy atom. The molecular formula is C56H36N6. The van der Waals surface area contributed by atoms with Crippen molar-refractivity contribution in [2.24, 2.45) is 0 Å². The number of hydrogen-bond donors (Lipinski definition) is 0. The monoisotopic (exact) mass is 792 g/mol. The third-order valence-electron chi connectivity index (χ3n) is 11.8. The van der Waals surface area contributed by atoms with E-state index in [1.807, 2.05) is 66.9 Å². The Labute approximate surface area is 357 Å². The largest absolute Gasteiger partial charge is 0.309 e. The average Bonchev–Trinajstić information content (AvgIpc) is 3.87. The number of fused-ring (bicyclic) bond motifs is 6. The van der Waals surface area contributed by atoms with Gasteiger partial charge in [0.05, 0.1) is 22.1 Å². The summed E-state index contributed by atoms with van der Waals surface area (Å²) in [5, 5.41) is 4.80. The minimum absolute atomic E-state index is 0.625. The summed E-state index contributed by atoms with van der Waals surface area (Å²) in [6.45, 7) is 0. The third-order valence-corrected chi connectivity index (χ3v) is 11.8. The van der Waals surface area contributed by atoms with Gasteiger partial charge in [-0.2, -0.15) is 0 Å². The molecule has 4 heterocycles. The Hall–Kier alpha value is -8.48. The zero-order chi connectivity index (χ0) is 41.0. The van der Waals surface area contributed by atoms with Gasteiger partial charge in [0, 0.05) is 55.7 Å². The van der Waals surface area contributed by atoms with Crippen LogP contribution in [0.2, 0.25) is 0 Å². The van der Waals surface area contributed by atoms with Crippen molar-refractivity contribution >= 4 is 43.6 Å². The highest BCUT2D eigenvalue weighted by Gasteiger charge is 2.18. The minimum Gasteiger partial charge on any atom is -0.309 e. The lowest BCUT2D eigenvalue weighted by Crippen LogP contribution is -2.00. The second-order valence-electron chi connectivity index (χ2n) is 15.5. The minimum atomic E-state index is 0.625. The van der Waals surface area contributed by atoms with E-state index in [4.69, 9.17) is 19.9 Å². The maximum absolute atomic E-state index is 5.15. The zero-order valence-electron chi connectivity index (χ0n) is 33.5. The lowest BCUT2D eigenvalue weighted by Gasteiger charge is -2.11. The molecule has 0 saturated heterocycles. The van der Waals surface area contributed by atoms with Crippen LogP contribution < -0.4 is 0 Å². The average molecular weight is 793 g/mol. The molecule has 8 aromatic carbocycles. The van der Waals surface area contributed by atoms with Crippen LogP contribution in [0.1, 0.15) is 0 Å². The van der Waals surface area contributed by atoms with Gasteiger partial charge in [0.25, 0.3) is 0 Å². The van der Waals surface area contributed by atoms with Gasteiger partial charge >= 0.3 is 0 Å². The van der Waals surface area contributed by atoms with Crippen LogP contribution in [0.3, 0.4) is 0 Å². The van der Waals surface area contributed by atoms with Crippen molar-refractivity contribution < 1.29 is 0 Å². The molecule has 62 heavy (non-hydrogen) atoms. The molecule has 0 fully saturated rings. The topological polar surface area (TPSA) is 61.4 Å². The van der Waals surface area contributed by atoms with Crippen molar-refractivity contribution in [3.05, 3.63) is 219 Å². The van der Waals surface area contributed by atoms with Gasteiger partial charge in [0.2, 0.25) is 0 Å². The fourth-order valence-electron chi connectivity index (χ4n) is 8.87. The molecule has 0 aliphatic carbocycles. The van der Waals surface area contributed by atoms with Crippen LogP contribution in [0.15, 0.2) is 219 Å². The molecule has 0 aliphatic rings. The molecule has 6 nitrogen and oxygen atoms in total. The predicted octanol–water partition coefficient (Wildman–Crippen LogP) is 13.8. The Morgan fingerprint density at radius 3 is 1.44 bits per heavy atom. The van der Waals surface area contributed by atoms with E-state index in [0.29, 0.717) is 17.5 Å². The molecule has 6 heteroatoms. The van der Waals surface area contributed by atoms with Crippen molar-refractivity contribution in [1.29, 1.82) is 0 Å². The fraction of sp³-hybridized carbons (Fsp3) is 0. The number of hydrogen-bond acceptors (Lipinski definition) is 4. The first-order chi connectivity index (χ1) is 30.7. The lowest BCUT2D eigenvalue weighted by atomic mass is 10.0. The number of pyridine rings is 1. The van der Waals surface area contributed by atoms with E-state index in [-0.39, 0.29) is 0 Å². The first-order valence-electron chi connectivity index (χ1n) is 20.8. The molecule has 290 valence electrons. The number of para-hydroxylation sites is 3. The molecule has 12 rings (SSSR count). The number of rotatable bonds is 7. The quantitative estimate of drug-likeness (QED) is 0.161. The first kappa shape index (κ1) is 35.5. The van der Waals surface area contributed by atoms with E-state index in [1.165, 1.54) is 32.6 Å². The van der Waals surface area contributed by atoms with Gasteiger partial charge < -0.3 is 4.57 Å². The molecule has 4 aromatic heterocycles. The van der Waals surface area contributed by atoms with Gasteiger partial charge in [-0.1, -0.05) is 152 Å². The molecule has 0 unspecified atom stereocenters. The third kappa shape index (κ3) is 6.04. The Morgan fingerprint density at radius 1 is 0.274 bits per heavy atom. The predicted molar refractivity (Wildman–Crippen MR) is 253 cm³/mol. The molecule has 0 aliphatic heterocycles. The maximum Gasteiger partial charge on any atom is 0.164 e. The fourth-order valence-corrected chi connectivity index (χ4v) is 8.87. The van der Waals surface area contributed by atoms with E-state index in [0.717, 1.165) is 61.5 Å². The van der Waals surface area contributed by atoms with Crippen LogP contribution in [-0.4, -0.2) is 29.1 Å². The smallest absolute Gasteiger partial charge is 0.164 e. The van der Waals surface area contributed by atoms with Crippen molar-refractivity contribution in [2.45, 2.75) is 0 Å².